The molecule has 8 aromatic rings. The van der Waals surface area contributed by atoms with Crippen LogP contribution in [0.4, 0.5) is 11.4 Å². The number of aromatic nitrogens is 2. The number of anilines is 2. The number of benzene rings is 6. The Kier molecular flexibility index (Phi) is 4.08. The van der Waals surface area contributed by atoms with Crippen LogP contribution in [0, 0.1) is 0 Å². The lowest BCUT2D eigenvalue weighted by Gasteiger charge is -2.16. The topological polar surface area (TPSA) is 44.8 Å². The average Bonchev–Trinajstić information content (AvgIpc) is 3.68. The lowest BCUT2D eigenvalue weighted by atomic mass is 9.97. The van der Waals surface area contributed by atoms with Gasteiger partial charge < -0.3 is 20.2 Å². The van der Waals surface area contributed by atoms with E-state index in [9.17, 15) is 0 Å². The molecule has 9 rings (SSSR count). The molecule has 184 valence electrons. The second-order valence-corrected chi connectivity index (χ2v) is 10.4. The Bertz CT molecular complexity index is 2210. The van der Waals surface area contributed by atoms with Crippen molar-refractivity contribution in [3.05, 3.63) is 127 Å². The van der Waals surface area contributed by atoms with Gasteiger partial charge in [0.05, 0.1) is 27.9 Å². The molecule has 0 fully saturated rings. The van der Waals surface area contributed by atoms with Gasteiger partial charge in [0.15, 0.2) is 0 Å². The number of H-pyrrole nitrogens is 1. The van der Waals surface area contributed by atoms with Gasteiger partial charge in [-0.15, -0.1) is 0 Å². The lowest BCUT2D eigenvalue weighted by Crippen LogP contribution is -2.12. The number of rotatable bonds is 2. The summed E-state index contributed by atoms with van der Waals surface area (Å²) in [5.74, 6) is 0. The fraction of sp³-hybridized carbons (Fsp3) is 0.0286. The van der Waals surface area contributed by atoms with Gasteiger partial charge in [-0.1, -0.05) is 72.8 Å². The molecule has 0 radical (unpaired) electrons. The van der Waals surface area contributed by atoms with Gasteiger partial charge in [-0.3, -0.25) is 0 Å². The molecule has 4 nitrogen and oxygen atoms in total. The highest BCUT2D eigenvalue weighted by Gasteiger charge is 2.26. The highest BCUT2D eigenvalue weighted by atomic mass is 15.2. The lowest BCUT2D eigenvalue weighted by molar-refractivity contribution is 0.952. The molecular weight excluding hydrogens is 476 g/mol. The van der Waals surface area contributed by atoms with Gasteiger partial charge >= 0.3 is 0 Å². The summed E-state index contributed by atoms with van der Waals surface area (Å²) in [5, 5.41) is 15.0. The molecule has 0 bridgehead atoms. The van der Waals surface area contributed by atoms with E-state index in [1.807, 2.05) is 0 Å². The highest BCUT2D eigenvalue weighted by Crippen LogP contribution is 2.45. The van der Waals surface area contributed by atoms with E-state index in [2.05, 4.69) is 142 Å². The second-order valence-electron chi connectivity index (χ2n) is 10.4. The third-order valence-corrected chi connectivity index (χ3v) is 8.28. The van der Waals surface area contributed by atoms with Crippen molar-refractivity contribution in [3.63, 3.8) is 0 Å². The van der Waals surface area contributed by atoms with Crippen LogP contribution in [-0.4, -0.2) is 9.55 Å². The van der Waals surface area contributed by atoms with E-state index < -0.39 is 0 Å². The first kappa shape index (κ1) is 20.8. The summed E-state index contributed by atoms with van der Waals surface area (Å²) in [6.07, 6.45) is -0.0243. The largest absolute Gasteiger partial charge is 0.360 e. The van der Waals surface area contributed by atoms with Crippen LogP contribution in [0.1, 0.15) is 11.7 Å². The first-order valence-corrected chi connectivity index (χ1v) is 13.4. The summed E-state index contributed by atoms with van der Waals surface area (Å²) in [6.45, 7) is 0. The molecule has 1 aliphatic heterocycles. The number of para-hydroxylation sites is 4. The van der Waals surface area contributed by atoms with Crippen molar-refractivity contribution in [2.24, 2.45) is 0 Å². The minimum Gasteiger partial charge on any atom is -0.360 e. The van der Waals surface area contributed by atoms with Crippen LogP contribution in [-0.2, 0) is 0 Å². The van der Waals surface area contributed by atoms with Crippen molar-refractivity contribution < 1.29 is 0 Å². The van der Waals surface area contributed by atoms with E-state index in [1.165, 1.54) is 60.1 Å². The van der Waals surface area contributed by atoms with E-state index >= 15 is 0 Å². The third-order valence-electron chi connectivity index (χ3n) is 8.28. The van der Waals surface area contributed by atoms with Crippen LogP contribution in [0.2, 0.25) is 0 Å². The molecule has 0 atom stereocenters. The summed E-state index contributed by atoms with van der Waals surface area (Å²) in [6, 6.07) is 43.5. The third kappa shape index (κ3) is 2.83. The first-order chi connectivity index (χ1) is 19.3. The summed E-state index contributed by atoms with van der Waals surface area (Å²) >= 11 is 0. The molecule has 0 unspecified atom stereocenters. The van der Waals surface area contributed by atoms with Crippen LogP contribution in [0.5, 0.6) is 0 Å². The van der Waals surface area contributed by atoms with Gasteiger partial charge in [0, 0.05) is 38.3 Å². The number of hydrogen-bond acceptors (Lipinski definition) is 2. The number of fused-ring (bicyclic) bond motifs is 10. The van der Waals surface area contributed by atoms with Crippen molar-refractivity contribution in [1.82, 2.24) is 9.55 Å². The van der Waals surface area contributed by atoms with Crippen molar-refractivity contribution in [3.8, 4) is 5.69 Å². The Morgan fingerprint density at radius 2 is 1.23 bits per heavy atom. The molecule has 0 spiro atoms. The van der Waals surface area contributed by atoms with E-state index in [-0.39, 0.29) is 6.17 Å². The van der Waals surface area contributed by atoms with Gasteiger partial charge in [0.25, 0.3) is 0 Å². The SMILES string of the molecule is c1ccc(-n2c3ccccc3c3c4c(ccc32)[nH]c2c(C3Nc5ccccc5N3)cc3ccccc3c24)cc1. The fourth-order valence-electron chi connectivity index (χ4n) is 6.64. The van der Waals surface area contributed by atoms with Gasteiger partial charge in [-0.2, -0.15) is 0 Å². The number of nitrogens with one attached hydrogen (secondary N) is 3. The van der Waals surface area contributed by atoms with Gasteiger partial charge in [-0.05, 0) is 59.3 Å². The first-order valence-electron chi connectivity index (χ1n) is 13.4. The van der Waals surface area contributed by atoms with E-state index in [0.29, 0.717) is 0 Å². The van der Waals surface area contributed by atoms with Gasteiger partial charge in [0.1, 0.15) is 6.17 Å². The molecule has 1 aliphatic rings. The number of aromatic amines is 1. The maximum Gasteiger partial charge on any atom is 0.125 e. The minimum atomic E-state index is -0.0243. The van der Waals surface area contributed by atoms with Crippen LogP contribution in [0.25, 0.3) is 60.1 Å². The van der Waals surface area contributed by atoms with Gasteiger partial charge in [0.2, 0.25) is 0 Å². The molecule has 2 aromatic heterocycles. The monoisotopic (exact) mass is 500 g/mol. The minimum absolute atomic E-state index is 0.0243. The maximum atomic E-state index is 3.86. The molecule has 3 heterocycles. The molecule has 0 amide bonds. The average molecular weight is 501 g/mol. The Balaban J connectivity index is 1.44. The smallest absolute Gasteiger partial charge is 0.125 e. The van der Waals surface area contributed by atoms with Crippen LogP contribution in [0.3, 0.4) is 0 Å². The fourth-order valence-corrected chi connectivity index (χ4v) is 6.64. The van der Waals surface area contributed by atoms with Crippen LogP contribution in [0.15, 0.2) is 121 Å². The summed E-state index contributed by atoms with van der Waals surface area (Å²) < 4.78 is 2.39. The van der Waals surface area contributed by atoms with Crippen molar-refractivity contribution in [2.75, 3.05) is 10.6 Å². The molecule has 39 heavy (non-hydrogen) atoms. The van der Waals surface area contributed by atoms with Crippen molar-refractivity contribution in [1.29, 1.82) is 0 Å². The van der Waals surface area contributed by atoms with Gasteiger partial charge in [-0.25, -0.2) is 0 Å². The predicted octanol–water partition coefficient (Wildman–Crippen LogP) is 9.11. The molecule has 6 aromatic carbocycles. The van der Waals surface area contributed by atoms with E-state index in [4.69, 9.17) is 0 Å². The zero-order valence-corrected chi connectivity index (χ0v) is 21.1. The summed E-state index contributed by atoms with van der Waals surface area (Å²) in [7, 11) is 0. The Morgan fingerprint density at radius 1 is 0.538 bits per heavy atom. The molecule has 0 aliphatic carbocycles. The van der Waals surface area contributed by atoms with E-state index in [0.717, 1.165) is 16.9 Å². The number of nitrogens with zero attached hydrogens (tertiary/aromatic N) is 1. The van der Waals surface area contributed by atoms with Crippen LogP contribution < -0.4 is 10.6 Å². The quantitative estimate of drug-likeness (QED) is 0.222. The maximum absolute atomic E-state index is 3.86. The zero-order valence-electron chi connectivity index (χ0n) is 21.1. The second kappa shape index (κ2) is 7.65. The molecule has 0 saturated heterocycles. The van der Waals surface area contributed by atoms with Crippen molar-refractivity contribution in [2.45, 2.75) is 6.17 Å². The van der Waals surface area contributed by atoms with E-state index in [1.54, 1.807) is 0 Å². The zero-order chi connectivity index (χ0) is 25.5. The molecular formula is C35H24N4. The molecule has 3 N–H and O–H groups in total. The number of hydrogen-bond donors (Lipinski definition) is 3. The normalized spacial score (nSPS) is 13.4. The highest BCUT2D eigenvalue weighted by molar-refractivity contribution is 6.33. The Morgan fingerprint density at radius 3 is 2.05 bits per heavy atom. The molecule has 4 heteroatoms. The predicted molar refractivity (Wildman–Crippen MR) is 164 cm³/mol. The Labute approximate surface area is 224 Å². The van der Waals surface area contributed by atoms with Crippen molar-refractivity contribution >= 4 is 65.8 Å². The summed E-state index contributed by atoms with van der Waals surface area (Å²) in [4.78, 5) is 3.86. The Hall–Kier alpha value is -5.22. The van der Waals surface area contributed by atoms with Crippen LogP contribution >= 0.6 is 0 Å². The summed E-state index contributed by atoms with van der Waals surface area (Å²) in [5.41, 5.74) is 9.42. The molecule has 0 saturated carbocycles. The standard InChI is InChI=1S/C35H24N4/c1-2-11-22(12-3-1)39-29-17-9-6-14-24(29)31-30(39)19-18-28-33(31)32-23-13-5-4-10-21(23)20-25(34(32)36-28)35-37-26-15-7-8-16-27(26)38-35/h1-20,35-38H.